The lowest BCUT2D eigenvalue weighted by atomic mass is 10.2. The van der Waals surface area contributed by atoms with Crippen LogP contribution in [-0.4, -0.2) is 12.6 Å². The fourth-order valence-electron chi connectivity index (χ4n) is 1.27. The molecule has 1 aromatic rings. The summed E-state index contributed by atoms with van der Waals surface area (Å²) in [4.78, 5) is 0. The van der Waals surface area contributed by atoms with Crippen LogP contribution in [0.2, 0.25) is 0 Å². The molecule has 1 rings (SSSR count). The predicted octanol–water partition coefficient (Wildman–Crippen LogP) is 3.23. The van der Waals surface area contributed by atoms with Gasteiger partial charge in [0.15, 0.2) is 0 Å². The third-order valence-corrected chi connectivity index (χ3v) is 2.16. The van der Waals surface area contributed by atoms with Gasteiger partial charge in [0.05, 0.1) is 0 Å². The van der Waals surface area contributed by atoms with Crippen molar-refractivity contribution in [3.63, 3.8) is 0 Å². The molecule has 2 heteroatoms. The van der Waals surface area contributed by atoms with E-state index in [9.17, 15) is 4.39 Å². The van der Waals surface area contributed by atoms with Crippen LogP contribution in [0.15, 0.2) is 30.3 Å². The zero-order valence-electron chi connectivity index (χ0n) is 9.33. The van der Waals surface area contributed by atoms with Crippen LogP contribution < -0.4 is 5.32 Å². The van der Waals surface area contributed by atoms with Crippen LogP contribution in [0.1, 0.15) is 25.8 Å². The number of halogens is 1. The summed E-state index contributed by atoms with van der Waals surface area (Å²) < 4.78 is 12.6. The fraction of sp³-hybridized carbons (Fsp3) is 0.385. The summed E-state index contributed by atoms with van der Waals surface area (Å²) in [5.41, 5.74) is 1.03. The molecule has 0 radical (unpaired) electrons. The highest BCUT2D eigenvalue weighted by Crippen LogP contribution is 2.05. The fourth-order valence-corrected chi connectivity index (χ4v) is 1.27. The van der Waals surface area contributed by atoms with Gasteiger partial charge in [-0.3, -0.25) is 0 Å². The van der Waals surface area contributed by atoms with E-state index in [2.05, 4.69) is 25.2 Å². The molecule has 0 saturated carbocycles. The Balaban J connectivity index is 2.46. The van der Waals surface area contributed by atoms with E-state index in [4.69, 9.17) is 0 Å². The number of nitrogens with one attached hydrogen (secondary N) is 1. The van der Waals surface area contributed by atoms with Crippen molar-refractivity contribution in [2.45, 2.75) is 26.3 Å². The molecule has 0 aliphatic carbocycles. The summed E-state index contributed by atoms with van der Waals surface area (Å²) in [5.74, 6) is -0.190. The summed E-state index contributed by atoms with van der Waals surface area (Å²) in [6.07, 6.45) is 5.23. The minimum atomic E-state index is -0.190. The van der Waals surface area contributed by atoms with Crippen molar-refractivity contribution in [2.24, 2.45) is 0 Å². The van der Waals surface area contributed by atoms with Gasteiger partial charge in [-0.05, 0) is 37.6 Å². The van der Waals surface area contributed by atoms with E-state index in [1.165, 1.54) is 12.1 Å². The molecule has 0 aromatic heterocycles. The van der Waals surface area contributed by atoms with Gasteiger partial charge < -0.3 is 5.32 Å². The van der Waals surface area contributed by atoms with Gasteiger partial charge in [-0.2, -0.15) is 0 Å². The Morgan fingerprint density at radius 2 is 2.00 bits per heavy atom. The second-order valence-corrected chi connectivity index (χ2v) is 3.65. The summed E-state index contributed by atoms with van der Waals surface area (Å²) in [6.45, 7) is 5.27. The Bertz CT molecular complexity index is 303. The van der Waals surface area contributed by atoms with Crippen molar-refractivity contribution in [1.82, 2.24) is 5.32 Å². The van der Waals surface area contributed by atoms with Gasteiger partial charge in [0.2, 0.25) is 0 Å². The van der Waals surface area contributed by atoms with E-state index < -0.39 is 0 Å². The van der Waals surface area contributed by atoms with Crippen molar-refractivity contribution in [3.05, 3.63) is 41.7 Å². The molecule has 0 aliphatic heterocycles. The Morgan fingerprint density at radius 1 is 1.33 bits per heavy atom. The molecule has 1 nitrogen and oxygen atoms in total. The van der Waals surface area contributed by atoms with Crippen LogP contribution in [0.5, 0.6) is 0 Å². The standard InChI is InChI=1S/C13H18FN/c1-3-10-15-11(2)4-5-12-6-8-13(14)9-7-12/h4-9,11,15H,3,10H2,1-2H3/b5-4+. The van der Waals surface area contributed by atoms with E-state index in [-0.39, 0.29) is 5.82 Å². The van der Waals surface area contributed by atoms with Gasteiger partial charge in [-0.25, -0.2) is 4.39 Å². The molecule has 1 unspecified atom stereocenters. The van der Waals surface area contributed by atoms with E-state index in [0.717, 1.165) is 18.5 Å². The van der Waals surface area contributed by atoms with Crippen LogP contribution in [0.25, 0.3) is 6.08 Å². The number of rotatable bonds is 5. The van der Waals surface area contributed by atoms with Crippen LogP contribution in [-0.2, 0) is 0 Å². The van der Waals surface area contributed by atoms with Crippen LogP contribution in [0.4, 0.5) is 4.39 Å². The monoisotopic (exact) mass is 207 g/mol. The minimum absolute atomic E-state index is 0.190. The molecule has 0 heterocycles. The van der Waals surface area contributed by atoms with E-state index in [1.807, 2.05) is 6.08 Å². The molecular weight excluding hydrogens is 189 g/mol. The molecule has 1 atom stereocenters. The van der Waals surface area contributed by atoms with Crippen molar-refractivity contribution in [2.75, 3.05) is 6.54 Å². The van der Waals surface area contributed by atoms with E-state index in [0.29, 0.717) is 6.04 Å². The van der Waals surface area contributed by atoms with Gasteiger partial charge >= 0.3 is 0 Å². The highest BCUT2D eigenvalue weighted by atomic mass is 19.1. The average molecular weight is 207 g/mol. The number of hydrogen-bond donors (Lipinski definition) is 1. The first kappa shape index (κ1) is 11.9. The zero-order chi connectivity index (χ0) is 11.1. The second kappa shape index (κ2) is 6.36. The molecule has 0 aliphatic rings. The maximum atomic E-state index is 12.6. The van der Waals surface area contributed by atoms with E-state index in [1.54, 1.807) is 12.1 Å². The van der Waals surface area contributed by atoms with Crippen LogP contribution in [0.3, 0.4) is 0 Å². The summed E-state index contributed by atoms with van der Waals surface area (Å²) in [7, 11) is 0. The number of hydrogen-bond acceptors (Lipinski definition) is 1. The Labute approximate surface area is 91.0 Å². The highest BCUT2D eigenvalue weighted by Gasteiger charge is 1.94. The third-order valence-electron chi connectivity index (χ3n) is 2.16. The topological polar surface area (TPSA) is 12.0 Å². The Hall–Kier alpha value is -1.15. The molecule has 0 amide bonds. The first-order chi connectivity index (χ1) is 7.22. The minimum Gasteiger partial charge on any atom is -0.311 e. The lowest BCUT2D eigenvalue weighted by Crippen LogP contribution is -2.24. The summed E-state index contributed by atoms with van der Waals surface area (Å²) in [5, 5.41) is 3.35. The first-order valence-corrected chi connectivity index (χ1v) is 5.39. The quantitative estimate of drug-likeness (QED) is 0.781. The molecule has 1 aromatic carbocycles. The lowest BCUT2D eigenvalue weighted by molar-refractivity contribution is 0.625. The van der Waals surface area contributed by atoms with Gasteiger partial charge in [0.25, 0.3) is 0 Å². The highest BCUT2D eigenvalue weighted by molar-refractivity contribution is 5.49. The third kappa shape index (κ3) is 4.75. The second-order valence-electron chi connectivity index (χ2n) is 3.65. The van der Waals surface area contributed by atoms with Gasteiger partial charge in [0.1, 0.15) is 5.82 Å². The van der Waals surface area contributed by atoms with Gasteiger partial charge in [-0.1, -0.05) is 31.2 Å². The molecule has 0 fully saturated rings. The number of benzene rings is 1. The average Bonchev–Trinajstić information content (AvgIpc) is 2.25. The molecule has 15 heavy (non-hydrogen) atoms. The molecule has 0 bridgehead atoms. The van der Waals surface area contributed by atoms with Crippen molar-refractivity contribution >= 4 is 6.08 Å². The summed E-state index contributed by atoms with van der Waals surface area (Å²) >= 11 is 0. The molecule has 0 saturated heterocycles. The Morgan fingerprint density at radius 3 is 2.60 bits per heavy atom. The van der Waals surface area contributed by atoms with Crippen molar-refractivity contribution < 1.29 is 4.39 Å². The lowest BCUT2D eigenvalue weighted by Gasteiger charge is -2.07. The Kier molecular flexibility index (Phi) is 5.05. The largest absolute Gasteiger partial charge is 0.311 e. The van der Waals surface area contributed by atoms with E-state index >= 15 is 0 Å². The molecule has 1 N–H and O–H groups in total. The van der Waals surface area contributed by atoms with Crippen LogP contribution >= 0.6 is 0 Å². The van der Waals surface area contributed by atoms with Gasteiger partial charge in [0, 0.05) is 6.04 Å². The van der Waals surface area contributed by atoms with Gasteiger partial charge in [-0.15, -0.1) is 0 Å². The first-order valence-electron chi connectivity index (χ1n) is 5.39. The SMILES string of the molecule is CCCNC(C)/C=C/c1ccc(F)cc1. The van der Waals surface area contributed by atoms with Crippen LogP contribution in [0, 0.1) is 5.82 Å². The maximum Gasteiger partial charge on any atom is 0.123 e. The molecule has 0 spiro atoms. The predicted molar refractivity (Wildman–Crippen MR) is 63.2 cm³/mol. The normalized spacial score (nSPS) is 13.3. The maximum absolute atomic E-state index is 12.6. The zero-order valence-corrected chi connectivity index (χ0v) is 9.33. The summed E-state index contributed by atoms with van der Waals surface area (Å²) in [6, 6.07) is 6.86. The molecule has 82 valence electrons. The van der Waals surface area contributed by atoms with Crippen molar-refractivity contribution in [1.29, 1.82) is 0 Å². The smallest absolute Gasteiger partial charge is 0.123 e. The van der Waals surface area contributed by atoms with Crippen molar-refractivity contribution in [3.8, 4) is 0 Å². The molecular formula is C13H18FN.